The van der Waals surface area contributed by atoms with Gasteiger partial charge in [-0.05, 0) is 0 Å². The number of nitrogens with zero attached hydrogens (tertiary/aromatic N) is 1. The van der Waals surface area contributed by atoms with Crippen LogP contribution in [0.15, 0.2) is 0 Å². The van der Waals surface area contributed by atoms with Crippen molar-refractivity contribution in [3.8, 4) is 6.07 Å². The lowest BCUT2D eigenvalue weighted by Crippen LogP contribution is -2.36. The molecular weight excluding hydrogens is 162 g/mol. The second-order valence-electron chi connectivity index (χ2n) is 1.96. The Balaban J connectivity index is 4.33. The molecule has 0 N–H and O–H groups in total. The van der Waals surface area contributed by atoms with Crippen molar-refractivity contribution >= 4 is 5.97 Å². The molecule has 0 amide bonds. The zero-order chi connectivity index (χ0) is 9.56. The summed E-state index contributed by atoms with van der Waals surface area (Å²) in [7, 11) is 3.85. The molecule has 0 aliphatic rings. The highest BCUT2D eigenvalue weighted by molar-refractivity contribution is 5.75. The number of rotatable bonds is 4. The van der Waals surface area contributed by atoms with E-state index in [4.69, 9.17) is 10.00 Å². The molecule has 0 spiro atoms. The number of nitriles is 1. The lowest BCUT2D eigenvalue weighted by molar-refractivity contribution is -0.158. The number of ether oxygens (including phenoxy) is 3. The average molecular weight is 173 g/mol. The number of esters is 1. The third-order valence-corrected chi connectivity index (χ3v) is 1.34. The molecule has 0 unspecified atom stereocenters. The molecule has 0 fully saturated rings. The molecule has 0 bridgehead atoms. The molecule has 0 aliphatic carbocycles. The van der Waals surface area contributed by atoms with Gasteiger partial charge in [0.25, 0.3) is 0 Å². The Hall–Kier alpha value is -1.12. The predicted molar refractivity (Wildman–Crippen MR) is 39.2 cm³/mol. The molecule has 0 heterocycles. The highest BCUT2D eigenvalue weighted by atomic mass is 16.6. The first-order valence-corrected chi connectivity index (χ1v) is 3.24. The molecule has 0 saturated heterocycles. The molecule has 2 atom stereocenters. The molecule has 5 heteroatoms. The normalized spacial score (nSPS) is 14.5. The van der Waals surface area contributed by atoms with E-state index in [2.05, 4.69) is 9.47 Å². The Kier molecular flexibility index (Phi) is 5.00. The van der Waals surface area contributed by atoms with E-state index in [0.29, 0.717) is 0 Å². The summed E-state index contributed by atoms with van der Waals surface area (Å²) in [4.78, 5) is 10.9. The zero-order valence-electron chi connectivity index (χ0n) is 7.23. The summed E-state index contributed by atoms with van der Waals surface area (Å²) in [5, 5.41) is 8.51. The SMILES string of the molecule is COC(=O)[C@H](OC)[C@H](C#N)OC. The molecule has 68 valence electrons. The van der Waals surface area contributed by atoms with Crippen molar-refractivity contribution < 1.29 is 19.0 Å². The third-order valence-electron chi connectivity index (χ3n) is 1.34. The van der Waals surface area contributed by atoms with Gasteiger partial charge in [-0.3, -0.25) is 0 Å². The van der Waals surface area contributed by atoms with Crippen LogP contribution in [0.5, 0.6) is 0 Å². The topological polar surface area (TPSA) is 68.5 Å². The van der Waals surface area contributed by atoms with Crippen LogP contribution in [0.2, 0.25) is 0 Å². The monoisotopic (exact) mass is 173 g/mol. The summed E-state index contributed by atoms with van der Waals surface area (Å²) in [5.41, 5.74) is 0. The van der Waals surface area contributed by atoms with Crippen LogP contribution in [-0.4, -0.2) is 39.5 Å². The number of carbonyl (C=O) groups is 1. The van der Waals surface area contributed by atoms with E-state index < -0.39 is 18.2 Å². The summed E-state index contributed by atoms with van der Waals surface area (Å²) in [6.45, 7) is 0. The van der Waals surface area contributed by atoms with E-state index in [-0.39, 0.29) is 0 Å². The van der Waals surface area contributed by atoms with E-state index in [1.54, 1.807) is 6.07 Å². The van der Waals surface area contributed by atoms with Crippen molar-refractivity contribution in [2.24, 2.45) is 0 Å². The number of methoxy groups -OCH3 is 3. The van der Waals surface area contributed by atoms with E-state index in [0.717, 1.165) is 0 Å². The average Bonchev–Trinajstić information content (AvgIpc) is 2.12. The first-order valence-electron chi connectivity index (χ1n) is 3.24. The van der Waals surface area contributed by atoms with E-state index >= 15 is 0 Å². The van der Waals surface area contributed by atoms with Gasteiger partial charge in [-0.1, -0.05) is 0 Å². The Bertz CT molecular complexity index is 186. The molecule has 0 aliphatic heterocycles. The minimum Gasteiger partial charge on any atom is -0.467 e. The summed E-state index contributed by atoms with van der Waals surface area (Å²) in [5.74, 6) is -0.620. The van der Waals surface area contributed by atoms with Gasteiger partial charge in [0.2, 0.25) is 0 Å². The fourth-order valence-corrected chi connectivity index (χ4v) is 0.704. The lowest BCUT2D eigenvalue weighted by atomic mass is 10.2. The van der Waals surface area contributed by atoms with Gasteiger partial charge in [0.15, 0.2) is 12.2 Å². The maximum Gasteiger partial charge on any atom is 0.338 e. The van der Waals surface area contributed by atoms with Crippen LogP contribution in [0.4, 0.5) is 0 Å². The predicted octanol–water partition coefficient (Wildman–Crippen LogP) is -0.287. The van der Waals surface area contributed by atoms with Crippen LogP contribution in [0.3, 0.4) is 0 Å². The molecule has 0 aromatic heterocycles. The van der Waals surface area contributed by atoms with Gasteiger partial charge in [0.1, 0.15) is 0 Å². The minimum absolute atomic E-state index is 0.620. The van der Waals surface area contributed by atoms with Crippen molar-refractivity contribution in [3.63, 3.8) is 0 Å². The van der Waals surface area contributed by atoms with Crippen LogP contribution >= 0.6 is 0 Å². The maximum absolute atomic E-state index is 10.9. The molecule has 0 saturated carbocycles. The standard InChI is InChI=1S/C7H11NO4/c1-10-5(4-8)6(11-2)7(9)12-3/h5-6H,1-3H3/t5-,6+/m0/s1. The molecule has 5 nitrogen and oxygen atoms in total. The van der Waals surface area contributed by atoms with Crippen LogP contribution in [0, 0.1) is 11.3 Å². The van der Waals surface area contributed by atoms with Gasteiger partial charge >= 0.3 is 5.97 Å². The van der Waals surface area contributed by atoms with Gasteiger partial charge < -0.3 is 14.2 Å². The second-order valence-corrected chi connectivity index (χ2v) is 1.96. The lowest BCUT2D eigenvalue weighted by Gasteiger charge is -2.16. The largest absolute Gasteiger partial charge is 0.467 e. The Morgan fingerprint density at radius 3 is 2.17 bits per heavy atom. The van der Waals surface area contributed by atoms with Gasteiger partial charge in [-0.15, -0.1) is 0 Å². The highest BCUT2D eigenvalue weighted by Crippen LogP contribution is 2.03. The van der Waals surface area contributed by atoms with Crippen molar-refractivity contribution in [1.82, 2.24) is 0 Å². The number of carbonyl (C=O) groups excluding carboxylic acids is 1. The zero-order valence-corrected chi connectivity index (χ0v) is 7.23. The van der Waals surface area contributed by atoms with Crippen LogP contribution < -0.4 is 0 Å². The summed E-state index contributed by atoms with van der Waals surface area (Å²) < 4.78 is 13.8. The third kappa shape index (κ3) is 2.49. The minimum atomic E-state index is -0.981. The van der Waals surface area contributed by atoms with Crippen molar-refractivity contribution in [2.75, 3.05) is 21.3 Å². The summed E-state index contributed by atoms with van der Waals surface area (Å²) >= 11 is 0. The van der Waals surface area contributed by atoms with Crippen molar-refractivity contribution in [2.45, 2.75) is 12.2 Å². The number of hydrogen-bond acceptors (Lipinski definition) is 5. The first kappa shape index (κ1) is 10.9. The fourth-order valence-electron chi connectivity index (χ4n) is 0.704. The van der Waals surface area contributed by atoms with Gasteiger partial charge in [-0.2, -0.15) is 5.26 Å². The molecular formula is C7H11NO4. The van der Waals surface area contributed by atoms with E-state index in [9.17, 15) is 4.79 Å². The smallest absolute Gasteiger partial charge is 0.338 e. The summed E-state index contributed by atoms with van der Waals surface area (Å²) in [6, 6.07) is 1.77. The van der Waals surface area contributed by atoms with Gasteiger partial charge in [0.05, 0.1) is 13.2 Å². The fraction of sp³-hybridized carbons (Fsp3) is 0.714. The maximum atomic E-state index is 10.9. The highest BCUT2D eigenvalue weighted by Gasteiger charge is 2.28. The van der Waals surface area contributed by atoms with Crippen molar-refractivity contribution in [3.05, 3.63) is 0 Å². The first-order chi connectivity index (χ1) is 5.71. The molecule has 0 aromatic carbocycles. The Labute approximate surface area is 70.8 Å². The van der Waals surface area contributed by atoms with E-state index in [1.807, 2.05) is 0 Å². The molecule has 12 heavy (non-hydrogen) atoms. The van der Waals surface area contributed by atoms with Gasteiger partial charge in [-0.25, -0.2) is 4.79 Å². The molecule has 0 aromatic rings. The van der Waals surface area contributed by atoms with E-state index in [1.165, 1.54) is 21.3 Å². The Morgan fingerprint density at radius 1 is 1.33 bits per heavy atom. The van der Waals surface area contributed by atoms with Crippen LogP contribution in [0.25, 0.3) is 0 Å². The second kappa shape index (κ2) is 5.52. The Morgan fingerprint density at radius 2 is 1.92 bits per heavy atom. The summed E-state index contributed by atoms with van der Waals surface area (Å²) in [6.07, 6.45) is -1.91. The van der Waals surface area contributed by atoms with Crippen LogP contribution in [0.1, 0.15) is 0 Å². The van der Waals surface area contributed by atoms with Gasteiger partial charge in [0, 0.05) is 14.2 Å². The molecule has 0 rings (SSSR count). The number of hydrogen-bond donors (Lipinski definition) is 0. The van der Waals surface area contributed by atoms with Crippen molar-refractivity contribution in [1.29, 1.82) is 5.26 Å². The molecule has 0 radical (unpaired) electrons. The quantitative estimate of drug-likeness (QED) is 0.546. The van der Waals surface area contributed by atoms with Crippen LogP contribution in [-0.2, 0) is 19.0 Å².